The van der Waals surface area contributed by atoms with Crippen LogP contribution < -0.4 is 21.3 Å². The lowest BCUT2D eigenvalue weighted by Gasteiger charge is -2.38. The van der Waals surface area contributed by atoms with Gasteiger partial charge in [-0.25, -0.2) is 14.8 Å². The van der Waals surface area contributed by atoms with E-state index in [2.05, 4.69) is 15.3 Å². The number of hydrogen-bond acceptors (Lipinski definition) is 9. The summed E-state index contributed by atoms with van der Waals surface area (Å²) in [6.45, 7) is -0.294. The topological polar surface area (TPSA) is 169 Å². The van der Waals surface area contributed by atoms with E-state index in [1.165, 1.54) is 19.5 Å². The van der Waals surface area contributed by atoms with E-state index in [1.807, 2.05) is 4.98 Å². The highest BCUT2D eigenvalue weighted by molar-refractivity contribution is 6.30. The molecule has 0 aromatic carbocycles. The average Bonchev–Trinajstić information content (AvgIpc) is 2.71. The molecule has 3 rings (SSSR count). The van der Waals surface area contributed by atoms with Crippen molar-refractivity contribution in [2.45, 2.75) is 30.9 Å². The van der Waals surface area contributed by atoms with Gasteiger partial charge in [0.05, 0.1) is 31.9 Å². The molecule has 0 unspecified atom stereocenters. The van der Waals surface area contributed by atoms with Gasteiger partial charge in [0.25, 0.3) is 11.5 Å². The molecule has 1 aliphatic rings. The quantitative estimate of drug-likeness (QED) is 0.417. The number of halogens is 1. The van der Waals surface area contributed by atoms with E-state index in [0.29, 0.717) is 0 Å². The molecule has 1 aliphatic heterocycles. The summed E-state index contributed by atoms with van der Waals surface area (Å²) >= 11 is 5.70. The van der Waals surface area contributed by atoms with E-state index < -0.39 is 41.5 Å². The minimum absolute atomic E-state index is 0.0958. The van der Waals surface area contributed by atoms with Crippen LogP contribution in [0.2, 0.25) is 5.02 Å². The fourth-order valence-corrected chi connectivity index (χ4v) is 2.94. The van der Waals surface area contributed by atoms with E-state index in [4.69, 9.17) is 21.1 Å². The number of rotatable bonds is 5. The van der Waals surface area contributed by atoms with Crippen molar-refractivity contribution < 1.29 is 24.5 Å². The lowest BCUT2D eigenvalue weighted by molar-refractivity contribution is -0.152. The second kappa shape index (κ2) is 8.69. The molecule has 3 heterocycles. The first-order valence-electron chi connectivity index (χ1n) is 8.44. The van der Waals surface area contributed by atoms with Gasteiger partial charge in [-0.1, -0.05) is 11.6 Å². The van der Waals surface area contributed by atoms with Crippen LogP contribution in [0.3, 0.4) is 0 Å². The standard InChI is InChI=1S/C16H18ClN5O7/c1-28-15-18-2-7(3-19-15)13(25)20-9-6-29-10(12(24)11(9)23)5-22-4-8(17)14(26)21-16(22)27/h2-4,9-12,23-24H,5-6H2,1H3,(H,20,25)(H,21,26,27)/t9-,10-,11+,12-/m1/s1. The molecular weight excluding hydrogens is 410 g/mol. The number of ether oxygens (including phenoxy) is 2. The molecule has 0 saturated carbocycles. The van der Waals surface area contributed by atoms with E-state index >= 15 is 0 Å². The van der Waals surface area contributed by atoms with E-state index in [1.54, 1.807) is 0 Å². The summed E-state index contributed by atoms with van der Waals surface area (Å²) in [7, 11) is 1.39. The maximum Gasteiger partial charge on any atom is 0.328 e. The Hall–Kier alpha value is -2.80. The van der Waals surface area contributed by atoms with E-state index in [-0.39, 0.29) is 29.7 Å². The number of nitrogens with zero attached hydrogens (tertiary/aromatic N) is 3. The molecule has 1 saturated heterocycles. The second-order valence-corrected chi connectivity index (χ2v) is 6.69. The number of amides is 1. The first-order chi connectivity index (χ1) is 13.8. The van der Waals surface area contributed by atoms with Gasteiger partial charge in [0.2, 0.25) is 0 Å². The normalized spacial score (nSPS) is 24.1. The van der Waals surface area contributed by atoms with Crippen LogP contribution in [0.4, 0.5) is 0 Å². The summed E-state index contributed by atoms with van der Waals surface area (Å²) in [4.78, 5) is 45.1. The highest BCUT2D eigenvalue weighted by atomic mass is 35.5. The first-order valence-corrected chi connectivity index (χ1v) is 8.82. The van der Waals surface area contributed by atoms with Crippen LogP contribution in [0, 0.1) is 0 Å². The zero-order chi connectivity index (χ0) is 21.1. The molecule has 1 fully saturated rings. The van der Waals surface area contributed by atoms with Crippen LogP contribution in [0.5, 0.6) is 6.01 Å². The maximum absolute atomic E-state index is 12.3. The zero-order valence-corrected chi connectivity index (χ0v) is 15.9. The molecular formula is C16H18ClN5O7. The average molecular weight is 428 g/mol. The second-order valence-electron chi connectivity index (χ2n) is 6.28. The van der Waals surface area contributed by atoms with Crippen LogP contribution in [0.25, 0.3) is 0 Å². The summed E-state index contributed by atoms with van der Waals surface area (Å²) < 4.78 is 11.4. The summed E-state index contributed by atoms with van der Waals surface area (Å²) in [5.74, 6) is -0.574. The molecule has 156 valence electrons. The molecule has 2 aromatic heterocycles. The minimum atomic E-state index is -1.42. The van der Waals surface area contributed by atoms with Crippen LogP contribution in [-0.2, 0) is 11.3 Å². The molecule has 0 aliphatic carbocycles. The van der Waals surface area contributed by atoms with Gasteiger partial charge in [0.15, 0.2) is 0 Å². The lowest BCUT2D eigenvalue weighted by Crippen LogP contribution is -2.60. The monoisotopic (exact) mass is 427 g/mol. The Bertz CT molecular complexity index is 992. The molecule has 4 N–H and O–H groups in total. The minimum Gasteiger partial charge on any atom is -0.467 e. The summed E-state index contributed by atoms with van der Waals surface area (Å²) in [5, 5.41) is 23.0. The van der Waals surface area contributed by atoms with Crippen molar-refractivity contribution in [3.8, 4) is 6.01 Å². The number of carbonyl (C=O) groups excluding carboxylic acids is 1. The molecule has 29 heavy (non-hydrogen) atoms. The number of carbonyl (C=O) groups is 1. The van der Waals surface area contributed by atoms with Crippen molar-refractivity contribution in [3.63, 3.8) is 0 Å². The van der Waals surface area contributed by atoms with Crippen LogP contribution >= 0.6 is 11.6 Å². The molecule has 0 radical (unpaired) electrons. The van der Waals surface area contributed by atoms with Gasteiger partial charge >= 0.3 is 11.7 Å². The van der Waals surface area contributed by atoms with Crippen molar-refractivity contribution in [1.82, 2.24) is 24.8 Å². The van der Waals surface area contributed by atoms with Crippen molar-refractivity contribution in [2.75, 3.05) is 13.7 Å². The Kier molecular flexibility index (Phi) is 6.27. The fourth-order valence-electron chi connectivity index (χ4n) is 2.77. The van der Waals surface area contributed by atoms with Gasteiger partial charge in [0.1, 0.15) is 23.3 Å². The number of aliphatic hydroxyl groups excluding tert-OH is 2. The van der Waals surface area contributed by atoms with Crippen LogP contribution in [0.15, 0.2) is 28.2 Å². The number of methoxy groups -OCH3 is 1. The fraction of sp³-hybridized carbons (Fsp3) is 0.438. The van der Waals surface area contributed by atoms with Gasteiger partial charge in [-0.3, -0.25) is 19.1 Å². The number of aromatic amines is 1. The van der Waals surface area contributed by atoms with Gasteiger partial charge < -0.3 is 25.0 Å². The first kappa shape index (κ1) is 20.9. The van der Waals surface area contributed by atoms with Crippen molar-refractivity contribution in [2.24, 2.45) is 0 Å². The largest absolute Gasteiger partial charge is 0.467 e. The van der Waals surface area contributed by atoms with Crippen LogP contribution in [0.1, 0.15) is 10.4 Å². The molecule has 12 nitrogen and oxygen atoms in total. The molecule has 0 spiro atoms. The van der Waals surface area contributed by atoms with Crippen molar-refractivity contribution >= 4 is 17.5 Å². The van der Waals surface area contributed by atoms with Gasteiger partial charge in [-0.05, 0) is 0 Å². The third-order valence-corrected chi connectivity index (χ3v) is 4.64. The molecule has 4 atom stereocenters. The molecule has 1 amide bonds. The van der Waals surface area contributed by atoms with Crippen molar-refractivity contribution in [1.29, 1.82) is 0 Å². The zero-order valence-electron chi connectivity index (χ0n) is 15.1. The Morgan fingerprint density at radius 1 is 1.38 bits per heavy atom. The van der Waals surface area contributed by atoms with Gasteiger partial charge in [-0.15, -0.1) is 0 Å². The Balaban J connectivity index is 1.65. The predicted octanol–water partition coefficient (Wildman–Crippen LogP) is -2.09. The molecule has 0 bridgehead atoms. The number of hydrogen-bond donors (Lipinski definition) is 4. The van der Waals surface area contributed by atoms with Gasteiger partial charge in [-0.2, -0.15) is 0 Å². The predicted molar refractivity (Wildman–Crippen MR) is 97.9 cm³/mol. The Morgan fingerprint density at radius 2 is 2.07 bits per heavy atom. The Morgan fingerprint density at radius 3 is 2.72 bits per heavy atom. The third-order valence-electron chi connectivity index (χ3n) is 4.37. The van der Waals surface area contributed by atoms with Gasteiger partial charge in [0, 0.05) is 18.6 Å². The summed E-state index contributed by atoms with van der Waals surface area (Å²) in [5.41, 5.74) is -1.34. The summed E-state index contributed by atoms with van der Waals surface area (Å²) in [6, 6.07) is -0.815. The lowest BCUT2D eigenvalue weighted by atomic mass is 9.97. The highest BCUT2D eigenvalue weighted by Crippen LogP contribution is 2.17. The van der Waals surface area contributed by atoms with Crippen molar-refractivity contribution in [3.05, 3.63) is 50.0 Å². The SMILES string of the molecule is COc1ncc(C(=O)N[C@@H]2CO[C@H](Cn3cc(Cl)c(=O)[nH]c3=O)[C@@H](O)[C@H]2O)cn1. The molecule has 13 heteroatoms. The maximum atomic E-state index is 12.3. The smallest absolute Gasteiger partial charge is 0.328 e. The number of H-pyrrole nitrogens is 1. The van der Waals surface area contributed by atoms with Crippen LogP contribution in [-0.4, -0.2) is 73.7 Å². The van der Waals surface area contributed by atoms with E-state index in [9.17, 15) is 24.6 Å². The number of aromatic nitrogens is 4. The van der Waals surface area contributed by atoms with E-state index in [0.717, 1.165) is 10.8 Å². The highest BCUT2D eigenvalue weighted by Gasteiger charge is 2.39. The number of nitrogens with one attached hydrogen (secondary N) is 2. The number of aliphatic hydroxyl groups is 2. The summed E-state index contributed by atoms with van der Waals surface area (Å²) in [6.07, 6.45) is -0.138. The third kappa shape index (κ3) is 4.62. The molecule has 2 aromatic rings. The Labute approximate surface area is 168 Å².